The smallest absolute Gasteiger partial charge is 0.126 e. The third-order valence-corrected chi connectivity index (χ3v) is 3.46. The van der Waals surface area contributed by atoms with Crippen LogP contribution >= 0.6 is 15.9 Å². The van der Waals surface area contributed by atoms with Gasteiger partial charge in [-0.1, -0.05) is 15.9 Å². The fourth-order valence-electron chi connectivity index (χ4n) is 2.12. The fourth-order valence-corrected chi connectivity index (χ4v) is 2.48. The normalized spacial score (nSPS) is 16.4. The van der Waals surface area contributed by atoms with Gasteiger partial charge in [0.05, 0.1) is 18.6 Å². The van der Waals surface area contributed by atoms with Crippen LogP contribution < -0.4 is 4.74 Å². The van der Waals surface area contributed by atoms with Crippen LogP contribution in [0.5, 0.6) is 5.75 Å². The van der Waals surface area contributed by atoms with Crippen molar-refractivity contribution in [3.8, 4) is 5.75 Å². The van der Waals surface area contributed by atoms with Crippen LogP contribution in [0.2, 0.25) is 0 Å². The van der Waals surface area contributed by atoms with Crippen molar-refractivity contribution in [3.63, 3.8) is 0 Å². The Kier molecular flexibility index (Phi) is 2.96. The molecule has 4 heteroatoms. The largest absolute Gasteiger partial charge is 0.493 e. The summed E-state index contributed by atoms with van der Waals surface area (Å²) in [6.07, 6.45) is 6.88. The predicted octanol–water partition coefficient (Wildman–Crippen LogP) is 3.51. The molecular weight excluding hydrogens is 292 g/mol. The zero-order valence-corrected chi connectivity index (χ0v) is 11.6. The summed E-state index contributed by atoms with van der Waals surface area (Å²) in [6.45, 7) is 0.729. The van der Waals surface area contributed by atoms with E-state index in [0.717, 1.165) is 34.5 Å². The fraction of sp³-hybridized carbons (Fsp3) is 0.214. The van der Waals surface area contributed by atoms with E-state index in [1.807, 2.05) is 36.3 Å². The zero-order chi connectivity index (χ0) is 12.5. The molecule has 1 aliphatic rings. The van der Waals surface area contributed by atoms with Gasteiger partial charge in [0.25, 0.3) is 0 Å². The van der Waals surface area contributed by atoms with Crippen molar-refractivity contribution in [1.29, 1.82) is 0 Å². The number of aryl methyl sites for hydroxylation is 1. The second-order valence-electron chi connectivity index (χ2n) is 4.37. The maximum Gasteiger partial charge on any atom is 0.126 e. The Labute approximate surface area is 114 Å². The van der Waals surface area contributed by atoms with E-state index in [1.54, 1.807) is 0 Å². The molecule has 0 radical (unpaired) electrons. The van der Waals surface area contributed by atoms with Gasteiger partial charge in [-0.25, -0.2) is 4.98 Å². The molecular formula is C14H13BrN2O. The monoisotopic (exact) mass is 304 g/mol. The topological polar surface area (TPSA) is 27.1 Å². The lowest BCUT2D eigenvalue weighted by atomic mass is 9.99. The van der Waals surface area contributed by atoms with E-state index < -0.39 is 0 Å². The van der Waals surface area contributed by atoms with E-state index in [0.29, 0.717) is 0 Å². The SMILES string of the molecule is Cn1cnc(/C=C2\CCOc3ccc(Br)cc32)c1. The highest BCUT2D eigenvalue weighted by Crippen LogP contribution is 2.35. The van der Waals surface area contributed by atoms with Crippen LogP contribution in [0.1, 0.15) is 17.7 Å². The molecule has 1 aromatic carbocycles. The standard InChI is InChI=1S/C14H13BrN2O/c1-17-8-12(16-9-17)6-10-4-5-18-14-3-2-11(15)7-13(10)14/h2-3,6-9H,4-5H2,1H3/b10-6+. The quantitative estimate of drug-likeness (QED) is 0.806. The van der Waals surface area contributed by atoms with Crippen LogP contribution in [-0.2, 0) is 7.05 Å². The first-order chi connectivity index (χ1) is 8.72. The lowest BCUT2D eigenvalue weighted by Gasteiger charge is -2.20. The molecule has 0 unspecified atom stereocenters. The van der Waals surface area contributed by atoms with E-state index in [9.17, 15) is 0 Å². The maximum absolute atomic E-state index is 5.66. The van der Waals surface area contributed by atoms with Gasteiger partial charge in [-0.3, -0.25) is 0 Å². The molecule has 3 nitrogen and oxygen atoms in total. The number of fused-ring (bicyclic) bond motifs is 1. The number of hydrogen-bond donors (Lipinski definition) is 0. The van der Waals surface area contributed by atoms with Gasteiger partial charge in [-0.05, 0) is 29.8 Å². The molecule has 18 heavy (non-hydrogen) atoms. The molecule has 0 atom stereocenters. The summed E-state index contributed by atoms with van der Waals surface area (Å²) in [6, 6.07) is 6.11. The Hall–Kier alpha value is -1.55. The summed E-state index contributed by atoms with van der Waals surface area (Å²) in [5, 5.41) is 0. The van der Waals surface area contributed by atoms with Crippen molar-refractivity contribution in [2.75, 3.05) is 6.61 Å². The Morgan fingerprint density at radius 1 is 1.44 bits per heavy atom. The molecule has 0 spiro atoms. The number of halogens is 1. The number of nitrogens with zero attached hydrogens (tertiary/aromatic N) is 2. The van der Waals surface area contributed by atoms with E-state index in [1.165, 1.54) is 5.57 Å². The average Bonchev–Trinajstić information content (AvgIpc) is 2.76. The van der Waals surface area contributed by atoms with E-state index in [4.69, 9.17) is 4.74 Å². The van der Waals surface area contributed by atoms with Crippen LogP contribution in [0.25, 0.3) is 11.6 Å². The minimum absolute atomic E-state index is 0.729. The number of rotatable bonds is 1. The second kappa shape index (κ2) is 4.61. The summed E-state index contributed by atoms with van der Waals surface area (Å²) in [5.41, 5.74) is 3.41. The van der Waals surface area contributed by atoms with Gasteiger partial charge in [-0.15, -0.1) is 0 Å². The molecule has 0 saturated heterocycles. The molecule has 0 saturated carbocycles. The van der Waals surface area contributed by atoms with Crippen molar-refractivity contribution in [3.05, 3.63) is 46.5 Å². The molecule has 1 aromatic heterocycles. The van der Waals surface area contributed by atoms with Crippen LogP contribution in [0, 0.1) is 0 Å². The highest BCUT2D eigenvalue weighted by Gasteiger charge is 2.15. The number of aromatic nitrogens is 2. The Morgan fingerprint density at radius 2 is 2.33 bits per heavy atom. The molecule has 0 N–H and O–H groups in total. The summed E-state index contributed by atoms with van der Waals surface area (Å²) in [4.78, 5) is 4.34. The lowest BCUT2D eigenvalue weighted by molar-refractivity contribution is 0.316. The molecule has 0 bridgehead atoms. The molecule has 0 fully saturated rings. The third kappa shape index (κ3) is 2.20. The number of ether oxygens (including phenoxy) is 1. The van der Waals surface area contributed by atoms with E-state index in [2.05, 4.69) is 33.1 Å². The van der Waals surface area contributed by atoms with Crippen LogP contribution in [0.15, 0.2) is 35.2 Å². The molecule has 3 rings (SSSR count). The summed E-state index contributed by atoms with van der Waals surface area (Å²) >= 11 is 3.50. The molecule has 0 amide bonds. The van der Waals surface area contributed by atoms with Crippen LogP contribution in [0.3, 0.4) is 0 Å². The summed E-state index contributed by atoms with van der Waals surface area (Å²) in [7, 11) is 1.98. The van der Waals surface area contributed by atoms with Crippen LogP contribution in [0.4, 0.5) is 0 Å². The second-order valence-corrected chi connectivity index (χ2v) is 5.29. The lowest BCUT2D eigenvalue weighted by Crippen LogP contribution is -2.07. The Morgan fingerprint density at radius 3 is 3.11 bits per heavy atom. The minimum atomic E-state index is 0.729. The van der Waals surface area contributed by atoms with Crippen molar-refractivity contribution in [2.45, 2.75) is 6.42 Å². The van der Waals surface area contributed by atoms with Crippen LogP contribution in [-0.4, -0.2) is 16.2 Å². The van der Waals surface area contributed by atoms with Crippen molar-refractivity contribution < 1.29 is 4.74 Å². The van der Waals surface area contributed by atoms with E-state index >= 15 is 0 Å². The highest BCUT2D eigenvalue weighted by atomic mass is 79.9. The van der Waals surface area contributed by atoms with Crippen molar-refractivity contribution in [1.82, 2.24) is 9.55 Å². The molecule has 2 heterocycles. The average molecular weight is 305 g/mol. The molecule has 1 aliphatic heterocycles. The van der Waals surface area contributed by atoms with E-state index in [-0.39, 0.29) is 0 Å². The zero-order valence-electron chi connectivity index (χ0n) is 10.1. The van der Waals surface area contributed by atoms with Gasteiger partial charge < -0.3 is 9.30 Å². The van der Waals surface area contributed by atoms with Gasteiger partial charge >= 0.3 is 0 Å². The maximum atomic E-state index is 5.66. The number of hydrogen-bond acceptors (Lipinski definition) is 2. The first-order valence-electron chi connectivity index (χ1n) is 5.83. The van der Waals surface area contributed by atoms with Gasteiger partial charge in [-0.2, -0.15) is 0 Å². The van der Waals surface area contributed by atoms with Crippen molar-refractivity contribution >= 4 is 27.6 Å². The first-order valence-corrected chi connectivity index (χ1v) is 6.63. The summed E-state index contributed by atoms with van der Waals surface area (Å²) < 4.78 is 8.68. The van der Waals surface area contributed by atoms with Gasteiger partial charge in [0.2, 0.25) is 0 Å². The Bertz CT molecular complexity index is 616. The predicted molar refractivity (Wildman–Crippen MR) is 75.3 cm³/mol. The Balaban J connectivity index is 2.05. The summed E-state index contributed by atoms with van der Waals surface area (Å²) in [5.74, 6) is 0.951. The molecule has 92 valence electrons. The molecule has 2 aromatic rings. The first kappa shape index (κ1) is 11.5. The number of imidazole rings is 1. The van der Waals surface area contributed by atoms with Gasteiger partial charge in [0.15, 0.2) is 0 Å². The highest BCUT2D eigenvalue weighted by molar-refractivity contribution is 9.10. The van der Waals surface area contributed by atoms with Gasteiger partial charge in [0.1, 0.15) is 5.75 Å². The van der Waals surface area contributed by atoms with Crippen molar-refractivity contribution in [2.24, 2.45) is 7.05 Å². The number of benzene rings is 1. The molecule has 0 aliphatic carbocycles. The third-order valence-electron chi connectivity index (χ3n) is 2.96. The minimum Gasteiger partial charge on any atom is -0.493 e. The van der Waals surface area contributed by atoms with Gasteiger partial charge in [0, 0.05) is 29.7 Å².